The van der Waals surface area contributed by atoms with Crippen LogP contribution in [0.15, 0.2) is 24.4 Å². The summed E-state index contributed by atoms with van der Waals surface area (Å²) in [6.45, 7) is 2.04. The first kappa shape index (κ1) is 23.7. The molecule has 2 aromatic rings. The molecule has 0 radical (unpaired) electrons. The van der Waals surface area contributed by atoms with Gasteiger partial charge in [0, 0.05) is 6.54 Å². The van der Waals surface area contributed by atoms with Gasteiger partial charge in [0.2, 0.25) is 0 Å². The molecule has 0 fully saturated rings. The molecule has 0 saturated carbocycles. The van der Waals surface area contributed by atoms with Crippen molar-refractivity contribution in [2.45, 2.75) is 19.4 Å². The van der Waals surface area contributed by atoms with E-state index in [9.17, 15) is 14.9 Å². The second-order valence-corrected chi connectivity index (χ2v) is 6.65. The van der Waals surface area contributed by atoms with Crippen molar-refractivity contribution in [1.82, 2.24) is 25.9 Å². The first-order valence-electron chi connectivity index (χ1n) is 9.12. The van der Waals surface area contributed by atoms with E-state index in [1.165, 1.54) is 14.0 Å². The summed E-state index contributed by atoms with van der Waals surface area (Å²) in [6.07, 6.45) is 1.78. The summed E-state index contributed by atoms with van der Waals surface area (Å²) >= 11 is 5.14. The Kier molecular flexibility index (Phi) is 8.37. The van der Waals surface area contributed by atoms with Gasteiger partial charge in [0.25, 0.3) is 5.91 Å². The molecule has 0 saturated heterocycles. The van der Waals surface area contributed by atoms with E-state index < -0.39 is 16.9 Å². The first-order valence-corrected chi connectivity index (χ1v) is 9.53. The number of hydrogen-bond donors (Lipinski definition) is 3. The fraction of sp³-hybridized carbons (Fsp3) is 0.389. The number of carbonyl (C=O) groups excluding carboxylic acids is 1. The highest BCUT2D eigenvalue weighted by Crippen LogP contribution is 2.27. The van der Waals surface area contributed by atoms with Gasteiger partial charge in [-0.25, -0.2) is 4.68 Å². The van der Waals surface area contributed by atoms with Crippen LogP contribution in [0.3, 0.4) is 0 Å². The summed E-state index contributed by atoms with van der Waals surface area (Å²) in [4.78, 5) is 22.7. The molecule has 31 heavy (non-hydrogen) atoms. The van der Waals surface area contributed by atoms with Crippen LogP contribution in [-0.4, -0.2) is 53.6 Å². The fourth-order valence-corrected chi connectivity index (χ4v) is 2.73. The predicted molar refractivity (Wildman–Crippen MR) is 115 cm³/mol. The third-order valence-electron chi connectivity index (χ3n) is 4.29. The molecule has 0 aliphatic rings. The average Bonchev–Trinajstić information content (AvgIpc) is 3.21. The Hall–Kier alpha value is -3.61. The molecule has 0 unspecified atom stereocenters. The molecule has 0 spiro atoms. The maximum atomic E-state index is 12.3. The normalized spacial score (nSPS) is 11.2. The Balaban J connectivity index is 1.82. The molecule has 13 heteroatoms. The van der Waals surface area contributed by atoms with Crippen molar-refractivity contribution in [3.63, 3.8) is 0 Å². The fourth-order valence-electron chi connectivity index (χ4n) is 2.58. The molecule has 12 nitrogen and oxygen atoms in total. The van der Waals surface area contributed by atoms with Crippen LogP contribution in [0.25, 0.3) is 0 Å². The highest BCUT2D eigenvalue weighted by molar-refractivity contribution is 7.80. The molecule has 1 atom stereocenters. The summed E-state index contributed by atoms with van der Waals surface area (Å²) in [5.41, 5.74) is 5.71. The van der Waals surface area contributed by atoms with Crippen LogP contribution in [0.5, 0.6) is 17.4 Å². The van der Waals surface area contributed by atoms with Gasteiger partial charge in [-0.3, -0.25) is 25.8 Å². The van der Waals surface area contributed by atoms with Crippen LogP contribution >= 0.6 is 12.2 Å². The van der Waals surface area contributed by atoms with Crippen LogP contribution in [0.1, 0.15) is 18.5 Å². The van der Waals surface area contributed by atoms with Crippen molar-refractivity contribution >= 4 is 28.9 Å². The Labute approximate surface area is 184 Å². The Morgan fingerprint density at radius 1 is 1.23 bits per heavy atom. The average molecular weight is 452 g/mol. The molecule has 0 bridgehead atoms. The van der Waals surface area contributed by atoms with Crippen LogP contribution in [0.2, 0.25) is 0 Å². The van der Waals surface area contributed by atoms with Crippen molar-refractivity contribution < 1.29 is 23.9 Å². The van der Waals surface area contributed by atoms with E-state index >= 15 is 0 Å². The molecule has 1 aromatic carbocycles. The van der Waals surface area contributed by atoms with E-state index in [1.807, 2.05) is 18.2 Å². The number of nitrogens with zero attached hydrogens (tertiary/aromatic N) is 3. The van der Waals surface area contributed by atoms with E-state index in [0.717, 1.165) is 16.4 Å². The lowest BCUT2D eigenvalue weighted by atomic mass is 10.1. The number of hydrogen-bond acceptors (Lipinski definition) is 8. The quantitative estimate of drug-likeness (QED) is 0.288. The lowest BCUT2D eigenvalue weighted by Crippen LogP contribution is -2.49. The van der Waals surface area contributed by atoms with Crippen molar-refractivity contribution in [3.05, 3.63) is 40.1 Å². The van der Waals surface area contributed by atoms with Gasteiger partial charge in [0.15, 0.2) is 16.6 Å². The van der Waals surface area contributed by atoms with Crippen molar-refractivity contribution in [1.29, 1.82) is 0 Å². The number of hydrazine groups is 1. The first-order chi connectivity index (χ1) is 14.8. The summed E-state index contributed by atoms with van der Waals surface area (Å²) in [5, 5.41) is 18.1. The third-order valence-corrected chi connectivity index (χ3v) is 4.54. The molecule has 0 aliphatic heterocycles. The highest BCUT2D eigenvalue weighted by atomic mass is 32.1. The van der Waals surface area contributed by atoms with Gasteiger partial charge in [-0.15, -0.1) is 5.10 Å². The van der Waals surface area contributed by atoms with E-state index in [4.69, 9.17) is 26.4 Å². The highest BCUT2D eigenvalue weighted by Gasteiger charge is 2.25. The van der Waals surface area contributed by atoms with Gasteiger partial charge in [-0.05, 0) is 43.3 Å². The lowest BCUT2D eigenvalue weighted by Gasteiger charge is -2.15. The topological polar surface area (TPSA) is 142 Å². The Morgan fingerprint density at radius 3 is 2.52 bits per heavy atom. The minimum absolute atomic E-state index is 0.176. The Morgan fingerprint density at radius 2 is 1.94 bits per heavy atom. The largest absolute Gasteiger partial charge is 0.493 e. The third kappa shape index (κ3) is 6.18. The van der Waals surface area contributed by atoms with Gasteiger partial charge in [0.05, 0.1) is 26.3 Å². The molecule has 1 heterocycles. The van der Waals surface area contributed by atoms with Crippen LogP contribution in [-0.2, 0) is 11.2 Å². The number of nitro groups is 1. The predicted octanol–water partition coefficient (Wildman–Crippen LogP) is 1.12. The summed E-state index contributed by atoms with van der Waals surface area (Å²) in [7, 11) is 4.40. The zero-order valence-corrected chi connectivity index (χ0v) is 18.3. The standard InChI is InChI=1S/C18H24N6O6S/c1-11(23-10-13(24(26)27)17(22-23)30-4)16(25)20-21-18(31)19-8-7-12-5-6-14(28-2)15(9-12)29-3/h5-6,9-11H,7-8H2,1-4H3,(H,20,25)(H2,19,21,31)/t11-/m0/s1. The molecule has 3 N–H and O–H groups in total. The number of carbonyl (C=O) groups is 1. The second-order valence-electron chi connectivity index (χ2n) is 6.25. The maximum Gasteiger partial charge on any atom is 0.350 e. The molecule has 2 rings (SSSR count). The number of aromatic nitrogens is 2. The monoisotopic (exact) mass is 452 g/mol. The summed E-state index contributed by atoms with van der Waals surface area (Å²) in [5.74, 6) is 0.611. The molecule has 0 aliphatic carbocycles. The molecular formula is C18H24N6O6S. The van der Waals surface area contributed by atoms with Gasteiger partial charge in [-0.1, -0.05) is 6.07 Å². The molecular weight excluding hydrogens is 428 g/mol. The van der Waals surface area contributed by atoms with Gasteiger partial charge in [0.1, 0.15) is 12.2 Å². The molecule has 168 valence electrons. The minimum atomic E-state index is -0.843. The van der Waals surface area contributed by atoms with E-state index in [1.54, 1.807) is 14.2 Å². The molecule has 1 amide bonds. The van der Waals surface area contributed by atoms with E-state index in [-0.39, 0.29) is 16.7 Å². The maximum absolute atomic E-state index is 12.3. The van der Waals surface area contributed by atoms with Crippen LogP contribution < -0.4 is 30.4 Å². The lowest BCUT2D eigenvalue weighted by molar-refractivity contribution is -0.385. The van der Waals surface area contributed by atoms with Gasteiger partial charge < -0.3 is 19.5 Å². The number of nitrogens with one attached hydrogen (secondary N) is 3. The zero-order chi connectivity index (χ0) is 23.0. The van der Waals surface area contributed by atoms with Crippen molar-refractivity contribution in [3.8, 4) is 17.4 Å². The van der Waals surface area contributed by atoms with Crippen LogP contribution in [0, 0.1) is 10.1 Å². The number of amides is 1. The number of rotatable bonds is 9. The second kappa shape index (κ2) is 11.0. The number of ether oxygens (including phenoxy) is 3. The van der Waals surface area contributed by atoms with Gasteiger partial charge in [-0.2, -0.15) is 0 Å². The summed E-state index contributed by atoms with van der Waals surface area (Å²) in [6, 6.07) is 4.77. The SMILES string of the molecule is COc1ccc(CCNC(=S)NNC(=O)[C@H](C)n2cc([N+](=O)[O-])c(OC)n2)cc1OC. The number of benzene rings is 1. The van der Waals surface area contributed by atoms with E-state index in [0.29, 0.717) is 24.5 Å². The van der Waals surface area contributed by atoms with Crippen molar-refractivity contribution in [2.24, 2.45) is 0 Å². The smallest absolute Gasteiger partial charge is 0.350 e. The number of thiocarbonyl (C=S) groups is 1. The van der Waals surface area contributed by atoms with Crippen molar-refractivity contribution in [2.75, 3.05) is 27.9 Å². The Bertz CT molecular complexity index is 950. The van der Waals surface area contributed by atoms with Crippen LogP contribution in [0.4, 0.5) is 5.69 Å². The van der Waals surface area contributed by atoms with Gasteiger partial charge >= 0.3 is 11.6 Å². The zero-order valence-electron chi connectivity index (χ0n) is 17.5. The number of methoxy groups -OCH3 is 3. The summed E-state index contributed by atoms with van der Waals surface area (Å²) < 4.78 is 16.5. The minimum Gasteiger partial charge on any atom is -0.493 e. The van der Waals surface area contributed by atoms with E-state index in [2.05, 4.69) is 21.3 Å². The molecule has 1 aromatic heterocycles.